The Bertz CT molecular complexity index is 551. The lowest BCUT2D eigenvalue weighted by Gasteiger charge is -2.11. The smallest absolute Gasteiger partial charge is 0.355 e. The first-order chi connectivity index (χ1) is 8.56. The predicted octanol–water partition coefficient (Wildman–Crippen LogP) is 2.72. The molecule has 94 valence electrons. The molecule has 0 aliphatic rings. The van der Waals surface area contributed by atoms with Crippen LogP contribution in [-0.4, -0.2) is 21.0 Å². The second kappa shape index (κ2) is 5.14. The van der Waals surface area contributed by atoms with E-state index >= 15 is 0 Å². The minimum atomic E-state index is -1.00. The molecule has 0 radical (unpaired) electrons. The van der Waals surface area contributed by atoms with E-state index in [0.717, 1.165) is 16.4 Å². The maximum Gasteiger partial charge on any atom is 0.355 e. The van der Waals surface area contributed by atoms with E-state index in [4.69, 9.17) is 5.11 Å². The van der Waals surface area contributed by atoms with Crippen LogP contribution in [0.4, 0.5) is 5.82 Å². The van der Waals surface area contributed by atoms with Crippen molar-refractivity contribution in [3.63, 3.8) is 0 Å². The van der Waals surface area contributed by atoms with E-state index in [9.17, 15) is 4.79 Å². The fourth-order valence-electron chi connectivity index (χ4n) is 1.42. The molecule has 0 saturated carbocycles. The molecule has 2 heterocycles. The molecule has 0 spiro atoms. The van der Waals surface area contributed by atoms with Gasteiger partial charge in [0.2, 0.25) is 0 Å². The number of thiazole rings is 1. The topological polar surface area (TPSA) is 75.1 Å². The molecule has 0 saturated heterocycles. The third-order valence-electron chi connectivity index (χ3n) is 2.39. The minimum absolute atomic E-state index is 0.0710. The number of nitrogens with zero attached hydrogens (tertiary/aromatic N) is 2. The molecule has 0 aromatic carbocycles. The van der Waals surface area contributed by atoms with Crippen LogP contribution in [0.25, 0.3) is 0 Å². The van der Waals surface area contributed by atoms with E-state index in [-0.39, 0.29) is 11.7 Å². The third kappa shape index (κ3) is 2.84. The lowest BCUT2D eigenvalue weighted by atomic mass is 10.3. The molecular formula is C12H13N3O2S. The number of carboxylic acids is 1. The molecule has 0 amide bonds. The Morgan fingerprint density at radius 1 is 1.50 bits per heavy atom. The van der Waals surface area contributed by atoms with Crippen LogP contribution in [0.2, 0.25) is 0 Å². The second-order valence-corrected chi connectivity index (χ2v) is 4.85. The van der Waals surface area contributed by atoms with Gasteiger partial charge in [-0.25, -0.2) is 14.8 Å². The summed E-state index contributed by atoms with van der Waals surface area (Å²) in [5.74, 6) is -0.252. The highest BCUT2D eigenvalue weighted by Crippen LogP contribution is 2.21. The third-order valence-corrected chi connectivity index (χ3v) is 3.41. The van der Waals surface area contributed by atoms with Crippen molar-refractivity contribution in [2.24, 2.45) is 0 Å². The van der Waals surface area contributed by atoms with Gasteiger partial charge in [-0.2, -0.15) is 0 Å². The average molecular weight is 263 g/mol. The van der Waals surface area contributed by atoms with Gasteiger partial charge in [0.15, 0.2) is 5.69 Å². The van der Waals surface area contributed by atoms with Crippen molar-refractivity contribution in [1.82, 2.24) is 9.97 Å². The van der Waals surface area contributed by atoms with Crippen LogP contribution < -0.4 is 5.32 Å². The van der Waals surface area contributed by atoms with E-state index in [2.05, 4.69) is 15.3 Å². The maximum absolute atomic E-state index is 10.7. The number of rotatable bonds is 4. The number of aryl methyl sites for hydroxylation is 1. The van der Waals surface area contributed by atoms with Crippen molar-refractivity contribution >= 4 is 23.1 Å². The predicted molar refractivity (Wildman–Crippen MR) is 70.1 cm³/mol. The first-order valence-electron chi connectivity index (χ1n) is 5.44. The summed E-state index contributed by atoms with van der Waals surface area (Å²) in [6, 6.07) is 3.78. The lowest BCUT2D eigenvalue weighted by Crippen LogP contribution is -2.08. The van der Waals surface area contributed by atoms with Gasteiger partial charge in [0, 0.05) is 11.6 Å². The van der Waals surface area contributed by atoms with Crippen LogP contribution in [0.3, 0.4) is 0 Å². The quantitative estimate of drug-likeness (QED) is 0.887. The van der Waals surface area contributed by atoms with Crippen molar-refractivity contribution < 1.29 is 9.90 Å². The molecule has 0 bridgehead atoms. The van der Waals surface area contributed by atoms with Gasteiger partial charge in [0.05, 0.1) is 6.04 Å². The maximum atomic E-state index is 10.7. The number of nitrogens with one attached hydrogen (secondary N) is 1. The largest absolute Gasteiger partial charge is 0.476 e. The van der Waals surface area contributed by atoms with Crippen molar-refractivity contribution in [3.8, 4) is 0 Å². The Kier molecular flexibility index (Phi) is 3.57. The first kappa shape index (κ1) is 12.5. The van der Waals surface area contributed by atoms with Crippen LogP contribution in [0.5, 0.6) is 0 Å². The SMILES string of the molecule is Cc1ccc(NC(C)c2nc(C(=O)O)cs2)nc1. The van der Waals surface area contributed by atoms with Crippen LogP contribution in [0.15, 0.2) is 23.7 Å². The summed E-state index contributed by atoms with van der Waals surface area (Å²) in [6.45, 7) is 3.90. The normalized spacial score (nSPS) is 12.1. The van der Waals surface area contributed by atoms with Crippen LogP contribution in [0, 0.1) is 6.92 Å². The molecule has 0 aliphatic heterocycles. The van der Waals surface area contributed by atoms with Gasteiger partial charge in [-0.15, -0.1) is 11.3 Å². The van der Waals surface area contributed by atoms with Crippen LogP contribution in [-0.2, 0) is 0 Å². The summed E-state index contributed by atoms with van der Waals surface area (Å²) in [4.78, 5) is 19.0. The molecule has 5 nitrogen and oxygen atoms in total. The standard InChI is InChI=1S/C12H13N3O2S/c1-7-3-4-10(13-5-7)14-8(2)11-15-9(6-18-11)12(16)17/h3-6,8H,1-2H3,(H,13,14)(H,16,17). The van der Waals surface area contributed by atoms with E-state index in [0.29, 0.717) is 0 Å². The Balaban J connectivity index is 2.09. The molecule has 1 unspecified atom stereocenters. The average Bonchev–Trinajstić information content (AvgIpc) is 2.81. The zero-order valence-corrected chi connectivity index (χ0v) is 10.9. The summed E-state index contributed by atoms with van der Waals surface area (Å²) < 4.78 is 0. The molecule has 6 heteroatoms. The van der Waals surface area contributed by atoms with E-state index in [1.807, 2.05) is 26.0 Å². The summed E-state index contributed by atoms with van der Waals surface area (Å²) in [7, 11) is 0. The van der Waals surface area contributed by atoms with Gasteiger partial charge in [-0.3, -0.25) is 0 Å². The fraction of sp³-hybridized carbons (Fsp3) is 0.250. The van der Waals surface area contributed by atoms with E-state index in [1.165, 1.54) is 11.3 Å². The van der Waals surface area contributed by atoms with Crippen molar-refractivity contribution in [2.45, 2.75) is 19.9 Å². The molecule has 2 aromatic heterocycles. The van der Waals surface area contributed by atoms with Gasteiger partial charge < -0.3 is 10.4 Å². The number of hydrogen-bond donors (Lipinski definition) is 2. The Labute approximate surface area is 109 Å². The monoisotopic (exact) mass is 263 g/mol. The zero-order valence-electron chi connectivity index (χ0n) is 10.0. The van der Waals surface area contributed by atoms with Gasteiger partial charge in [-0.05, 0) is 25.5 Å². The van der Waals surface area contributed by atoms with Gasteiger partial charge in [0.25, 0.3) is 0 Å². The molecule has 2 rings (SSSR count). The number of aromatic nitrogens is 2. The number of pyridine rings is 1. The summed E-state index contributed by atoms with van der Waals surface area (Å²) in [5, 5.41) is 14.3. The van der Waals surface area contributed by atoms with Gasteiger partial charge in [-0.1, -0.05) is 6.07 Å². The van der Waals surface area contributed by atoms with Gasteiger partial charge >= 0.3 is 5.97 Å². The lowest BCUT2D eigenvalue weighted by molar-refractivity contribution is 0.0691. The molecule has 2 N–H and O–H groups in total. The Hall–Kier alpha value is -1.95. The number of anilines is 1. The van der Waals surface area contributed by atoms with Crippen molar-refractivity contribution in [2.75, 3.05) is 5.32 Å². The summed E-state index contributed by atoms with van der Waals surface area (Å²) in [5.41, 5.74) is 1.18. The number of carbonyl (C=O) groups is 1. The fourth-order valence-corrected chi connectivity index (χ4v) is 2.22. The molecule has 0 aliphatic carbocycles. The second-order valence-electron chi connectivity index (χ2n) is 3.96. The minimum Gasteiger partial charge on any atom is -0.476 e. The Morgan fingerprint density at radius 3 is 2.83 bits per heavy atom. The molecule has 2 aromatic rings. The number of hydrogen-bond acceptors (Lipinski definition) is 5. The highest BCUT2D eigenvalue weighted by Gasteiger charge is 2.14. The molecule has 1 atom stereocenters. The highest BCUT2D eigenvalue weighted by molar-refractivity contribution is 7.09. The van der Waals surface area contributed by atoms with Crippen molar-refractivity contribution in [1.29, 1.82) is 0 Å². The highest BCUT2D eigenvalue weighted by atomic mass is 32.1. The van der Waals surface area contributed by atoms with Gasteiger partial charge in [0.1, 0.15) is 10.8 Å². The number of carboxylic acid groups (broad SMARTS) is 1. The zero-order chi connectivity index (χ0) is 13.1. The van der Waals surface area contributed by atoms with Crippen LogP contribution >= 0.6 is 11.3 Å². The molecular weight excluding hydrogens is 250 g/mol. The van der Waals surface area contributed by atoms with E-state index < -0.39 is 5.97 Å². The van der Waals surface area contributed by atoms with Crippen molar-refractivity contribution in [3.05, 3.63) is 40.0 Å². The molecule has 0 fully saturated rings. The summed E-state index contributed by atoms with van der Waals surface area (Å²) in [6.07, 6.45) is 1.78. The molecule has 18 heavy (non-hydrogen) atoms. The van der Waals surface area contributed by atoms with Crippen LogP contribution in [0.1, 0.15) is 34.0 Å². The summed E-state index contributed by atoms with van der Waals surface area (Å²) >= 11 is 1.33. The first-order valence-corrected chi connectivity index (χ1v) is 6.32. The number of aromatic carboxylic acids is 1. The van der Waals surface area contributed by atoms with E-state index in [1.54, 1.807) is 11.6 Å². The Morgan fingerprint density at radius 2 is 2.28 bits per heavy atom.